The van der Waals surface area contributed by atoms with Crippen LogP contribution in [0.25, 0.3) is 0 Å². The first-order valence-electron chi connectivity index (χ1n) is 8.47. The average molecular weight is 401 g/mol. The maximum absolute atomic E-state index is 16.4. The number of hydrogen-bond donors (Lipinski definition) is 0. The van der Waals surface area contributed by atoms with Gasteiger partial charge in [0, 0.05) is 10.6 Å². The Morgan fingerprint density at radius 2 is 1.82 bits per heavy atom. The van der Waals surface area contributed by atoms with E-state index in [1.807, 2.05) is 0 Å². The Hall–Kier alpha value is -2.99. The van der Waals surface area contributed by atoms with Gasteiger partial charge in [-0.3, -0.25) is 4.79 Å². The van der Waals surface area contributed by atoms with Crippen LogP contribution in [-0.4, -0.2) is 30.4 Å². The molecular formula is C21H18ClFN2O3. The Kier molecular flexibility index (Phi) is 5.34. The zero-order valence-corrected chi connectivity index (χ0v) is 16.1. The van der Waals surface area contributed by atoms with Crippen molar-refractivity contribution < 1.29 is 18.7 Å². The van der Waals surface area contributed by atoms with E-state index in [9.17, 15) is 9.59 Å². The third kappa shape index (κ3) is 3.20. The molecule has 0 saturated carbocycles. The number of nitrogens with zero attached hydrogens (tertiary/aromatic N) is 2. The number of carbonyl (C=O) groups is 2. The minimum absolute atomic E-state index is 0.0774. The number of esters is 1. The van der Waals surface area contributed by atoms with Crippen molar-refractivity contribution in [2.45, 2.75) is 18.5 Å². The zero-order chi connectivity index (χ0) is 20.5. The third-order valence-corrected chi connectivity index (χ3v) is 4.93. The summed E-state index contributed by atoms with van der Waals surface area (Å²) in [5, 5.41) is 5.57. The van der Waals surface area contributed by atoms with Gasteiger partial charge in [0.2, 0.25) is 5.67 Å². The fraction of sp³-hybridized carbons (Fsp3) is 0.190. The van der Waals surface area contributed by atoms with Crippen LogP contribution in [0.15, 0.2) is 71.9 Å². The predicted molar refractivity (Wildman–Crippen MR) is 106 cm³/mol. The number of hydrazone groups is 1. The normalized spacial score (nSPS) is 19.9. The quantitative estimate of drug-likeness (QED) is 0.556. The highest BCUT2D eigenvalue weighted by Crippen LogP contribution is 2.44. The summed E-state index contributed by atoms with van der Waals surface area (Å²) in [5.74, 6) is -3.03. The summed E-state index contributed by atoms with van der Waals surface area (Å²) in [5.41, 5.74) is -2.09. The largest absolute Gasteiger partial charge is 0.466 e. The molecule has 1 heterocycles. The smallest absolute Gasteiger partial charge is 0.333 e. The number of para-hydroxylation sites is 1. The number of benzene rings is 2. The first-order valence-corrected chi connectivity index (χ1v) is 8.85. The maximum atomic E-state index is 16.4. The fourth-order valence-electron chi connectivity index (χ4n) is 3.23. The van der Waals surface area contributed by atoms with Crippen LogP contribution in [0.2, 0.25) is 5.02 Å². The Morgan fingerprint density at radius 3 is 2.39 bits per heavy atom. The minimum Gasteiger partial charge on any atom is -0.466 e. The molecule has 0 radical (unpaired) electrons. The van der Waals surface area contributed by atoms with Crippen molar-refractivity contribution in [2.24, 2.45) is 5.10 Å². The lowest BCUT2D eigenvalue weighted by molar-refractivity contribution is -0.137. The first-order chi connectivity index (χ1) is 13.3. The second kappa shape index (κ2) is 7.56. The van der Waals surface area contributed by atoms with E-state index in [4.69, 9.17) is 16.3 Å². The van der Waals surface area contributed by atoms with Crippen LogP contribution in [0, 0.1) is 0 Å². The molecule has 0 spiro atoms. The maximum Gasteiger partial charge on any atom is 0.333 e. The fourth-order valence-corrected chi connectivity index (χ4v) is 3.35. The van der Waals surface area contributed by atoms with Crippen LogP contribution in [0.5, 0.6) is 0 Å². The molecule has 144 valence electrons. The molecule has 1 aliphatic rings. The summed E-state index contributed by atoms with van der Waals surface area (Å²) in [4.78, 5) is 25.3. The Labute approximate surface area is 167 Å². The van der Waals surface area contributed by atoms with Crippen LogP contribution >= 0.6 is 11.6 Å². The molecule has 7 heteroatoms. The third-order valence-electron chi connectivity index (χ3n) is 4.68. The molecule has 2 aromatic rings. The Bertz CT molecular complexity index is 959. The van der Waals surface area contributed by atoms with Crippen molar-refractivity contribution in [1.82, 2.24) is 0 Å². The van der Waals surface area contributed by atoms with Crippen molar-refractivity contribution in [1.29, 1.82) is 0 Å². The number of amides is 1. The van der Waals surface area contributed by atoms with Gasteiger partial charge in [-0.1, -0.05) is 48.5 Å². The van der Waals surface area contributed by atoms with E-state index < -0.39 is 23.5 Å². The summed E-state index contributed by atoms with van der Waals surface area (Å²) >= 11 is 5.93. The number of anilines is 1. The highest BCUT2D eigenvalue weighted by atomic mass is 35.5. The monoisotopic (exact) mass is 400 g/mol. The van der Waals surface area contributed by atoms with Crippen LogP contribution in [0.4, 0.5) is 10.1 Å². The van der Waals surface area contributed by atoms with Gasteiger partial charge in [0.25, 0.3) is 5.91 Å². The van der Waals surface area contributed by atoms with Crippen LogP contribution in [-0.2, 0) is 14.3 Å². The molecule has 0 N–H and O–H groups in total. The lowest BCUT2D eigenvalue weighted by Crippen LogP contribution is -2.48. The van der Waals surface area contributed by atoms with Gasteiger partial charge in [-0.2, -0.15) is 10.1 Å². The Morgan fingerprint density at radius 1 is 1.21 bits per heavy atom. The summed E-state index contributed by atoms with van der Waals surface area (Å²) < 4.78 is 21.1. The van der Waals surface area contributed by atoms with Gasteiger partial charge in [-0.05, 0) is 36.8 Å². The summed E-state index contributed by atoms with van der Waals surface area (Å²) in [6.07, 6.45) is 0. The van der Waals surface area contributed by atoms with E-state index in [1.165, 1.54) is 14.0 Å². The number of hydrogen-bond acceptors (Lipinski definition) is 4. The van der Waals surface area contributed by atoms with Gasteiger partial charge in [-0.15, -0.1) is 0 Å². The van der Waals surface area contributed by atoms with Crippen molar-refractivity contribution in [3.05, 3.63) is 77.3 Å². The van der Waals surface area contributed by atoms with Crippen LogP contribution in [0.3, 0.4) is 0 Å². The summed E-state index contributed by atoms with van der Waals surface area (Å²) in [6, 6.07) is 14.7. The molecular weight excluding hydrogens is 383 g/mol. The second-order valence-electron chi connectivity index (χ2n) is 6.35. The minimum atomic E-state index is -2.60. The number of rotatable bonds is 5. The molecule has 1 amide bonds. The highest BCUT2D eigenvalue weighted by Gasteiger charge is 2.58. The highest BCUT2D eigenvalue weighted by molar-refractivity contribution is 6.30. The number of alkyl halides is 1. The molecule has 5 nitrogen and oxygen atoms in total. The van der Waals surface area contributed by atoms with Crippen molar-refractivity contribution in [3.8, 4) is 0 Å². The molecule has 0 aliphatic carbocycles. The molecule has 0 bridgehead atoms. The van der Waals surface area contributed by atoms with Gasteiger partial charge < -0.3 is 4.74 Å². The summed E-state index contributed by atoms with van der Waals surface area (Å²) in [6.45, 7) is 5.12. The second-order valence-corrected chi connectivity index (χ2v) is 6.79. The SMILES string of the molecule is C=C(C(=O)OC)C(c1ccc(Cl)cc1)C1(F)C(=O)N(c2ccccc2)N=C1C. The molecule has 28 heavy (non-hydrogen) atoms. The Balaban J connectivity index is 2.12. The number of methoxy groups -OCH3 is 1. The number of halogens is 2. The van der Waals surface area contributed by atoms with Gasteiger partial charge >= 0.3 is 5.97 Å². The topological polar surface area (TPSA) is 59.0 Å². The van der Waals surface area contributed by atoms with E-state index in [0.29, 0.717) is 16.3 Å². The molecule has 3 rings (SSSR count). The molecule has 1 aliphatic heterocycles. The van der Waals surface area contributed by atoms with E-state index >= 15 is 4.39 Å². The average Bonchev–Trinajstić information content (AvgIpc) is 2.94. The van der Waals surface area contributed by atoms with Gasteiger partial charge in [0.15, 0.2) is 0 Å². The molecule has 2 atom stereocenters. The predicted octanol–water partition coefficient (Wildman–Crippen LogP) is 4.28. The zero-order valence-electron chi connectivity index (χ0n) is 15.4. The van der Waals surface area contributed by atoms with Crippen LogP contribution < -0.4 is 5.01 Å². The van der Waals surface area contributed by atoms with E-state index in [-0.39, 0.29) is 11.3 Å². The molecule has 0 aromatic heterocycles. The van der Waals surface area contributed by atoms with Crippen molar-refractivity contribution in [2.75, 3.05) is 12.1 Å². The standard InChI is InChI=1S/C21H18ClFN2O3/c1-13(19(26)28-3)18(15-9-11-16(22)12-10-15)21(23)14(2)24-25(20(21)27)17-7-5-4-6-8-17/h4-12,18H,1H2,2-3H3. The van der Waals surface area contributed by atoms with Crippen molar-refractivity contribution >= 4 is 34.9 Å². The number of ether oxygens (including phenoxy) is 1. The van der Waals surface area contributed by atoms with Gasteiger partial charge in [0.05, 0.1) is 24.4 Å². The molecule has 2 unspecified atom stereocenters. The molecule has 2 aromatic carbocycles. The van der Waals surface area contributed by atoms with Crippen LogP contribution in [0.1, 0.15) is 18.4 Å². The van der Waals surface area contributed by atoms with Gasteiger partial charge in [0.1, 0.15) is 0 Å². The molecule has 0 saturated heterocycles. The summed E-state index contributed by atoms with van der Waals surface area (Å²) in [7, 11) is 1.17. The van der Waals surface area contributed by atoms with E-state index in [1.54, 1.807) is 54.6 Å². The van der Waals surface area contributed by atoms with Crippen molar-refractivity contribution in [3.63, 3.8) is 0 Å². The first kappa shape index (κ1) is 19.8. The van der Waals surface area contributed by atoms with Gasteiger partial charge in [-0.25, -0.2) is 9.18 Å². The van der Waals surface area contributed by atoms with E-state index in [0.717, 1.165) is 5.01 Å². The molecule has 0 fully saturated rings. The number of carbonyl (C=O) groups excluding carboxylic acids is 2. The van der Waals surface area contributed by atoms with E-state index in [2.05, 4.69) is 11.7 Å². The lowest BCUT2D eigenvalue weighted by Gasteiger charge is -2.30. The lowest BCUT2D eigenvalue weighted by atomic mass is 9.76.